The van der Waals surface area contributed by atoms with E-state index in [4.69, 9.17) is 5.73 Å². The monoisotopic (exact) mass is 166 g/mol. The van der Waals surface area contributed by atoms with Crippen LogP contribution in [0.3, 0.4) is 0 Å². The Morgan fingerprint density at radius 2 is 2.18 bits per heavy atom. The lowest BCUT2D eigenvalue weighted by Crippen LogP contribution is -2.09. The number of halogens is 3. The number of rotatable bonds is 1. The highest BCUT2D eigenvalue weighted by atomic mass is 19.4. The first kappa shape index (κ1) is 8.06. The third kappa shape index (κ3) is 1.51. The van der Waals surface area contributed by atoms with Crippen LogP contribution in [0.15, 0.2) is 10.8 Å². The zero-order chi connectivity index (χ0) is 8.48. The van der Waals surface area contributed by atoms with Crippen LogP contribution in [0.1, 0.15) is 11.5 Å². The molecular formula is C5H5F3N2O. The van der Waals surface area contributed by atoms with Crippen molar-refractivity contribution in [3.8, 4) is 0 Å². The van der Waals surface area contributed by atoms with Crippen molar-refractivity contribution in [2.75, 3.05) is 0 Å². The van der Waals surface area contributed by atoms with Crippen molar-refractivity contribution in [1.29, 1.82) is 0 Å². The van der Waals surface area contributed by atoms with Crippen LogP contribution >= 0.6 is 0 Å². The Morgan fingerprint density at radius 1 is 1.55 bits per heavy atom. The standard InChI is InChI=1S/C5H5F3N2O/c6-5(7,8)4-3(1-9)10-2-11-4/h2H,1,9H2. The lowest BCUT2D eigenvalue weighted by atomic mass is 10.3. The molecule has 0 aliphatic rings. The van der Waals surface area contributed by atoms with Crippen molar-refractivity contribution in [2.45, 2.75) is 12.7 Å². The highest BCUT2D eigenvalue weighted by molar-refractivity contribution is 5.09. The number of alkyl halides is 3. The van der Waals surface area contributed by atoms with Gasteiger partial charge in [-0.3, -0.25) is 0 Å². The molecule has 0 radical (unpaired) electrons. The average Bonchev–Trinajstić information content (AvgIpc) is 2.31. The molecule has 1 heterocycles. The van der Waals surface area contributed by atoms with Crippen LogP contribution in [0.5, 0.6) is 0 Å². The average molecular weight is 166 g/mol. The molecule has 0 aliphatic heterocycles. The van der Waals surface area contributed by atoms with Crippen molar-refractivity contribution >= 4 is 0 Å². The Kier molecular flexibility index (Phi) is 1.86. The second-order valence-electron chi connectivity index (χ2n) is 1.83. The minimum absolute atomic E-state index is 0.266. The van der Waals surface area contributed by atoms with Crippen molar-refractivity contribution < 1.29 is 17.6 Å². The molecule has 1 rings (SSSR count). The molecule has 0 saturated carbocycles. The summed E-state index contributed by atoms with van der Waals surface area (Å²) in [6.07, 6.45) is -3.77. The molecule has 0 saturated heterocycles. The highest BCUT2D eigenvalue weighted by Crippen LogP contribution is 2.31. The normalized spacial score (nSPS) is 12.0. The maximum absolute atomic E-state index is 11.9. The van der Waals surface area contributed by atoms with Gasteiger partial charge in [0, 0.05) is 6.54 Å². The molecule has 0 bridgehead atoms. The van der Waals surface area contributed by atoms with E-state index in [1.54, 1.807) is 0 Å². The zero-order valence-corrected chi connectivity index (χ0v) is 5.35. The van der Waals surface area contributed by atoms with Crippen LogP contribution in [0.4, 0.5) is 13.2 Å². The number of oxazole rings is 1. The van der Waals surface area contributed by atoms with E-state index >= 15 is 0 Å². The van der Waals surface area contributed by atoms with E-state index in [0.717, 1.165) is 6.39 Å². The molecule has 62 valence electrons. The van der Waals surface area contributed by atoms with Gasteiger partial charge in [0.1, 0.15) is 5.69 Å². The van der Waals surface area contributed by atoms with Gasteiger partial charge in [0.25, 0.3) is 0 Å². The van der Waals surface area contributed by atoms with Crippen LogP contribution in [0, 0.1) is 0 Å². The van der Waals surface area contributed by atoms with Crippen LogP contribution < -0.4 is 5.73 Å². The van der Waals surface area contributed by atoms with Crippen molar-refractivity contribution in [3.05, 3.63) is 17.8 Å². The summed E-state index contributed by atoms with van der Waals surface area (Å²) in [6.45, 7) is -0.272. The van der Waals surface area contributed by atoms with Gasteiger partial charge < -0.3 is 10.2 Å². The SMILES string of the molecule is NCc1ncoc1C(F)(F)F. The summed E-state index contributed by atoms with van der Waals surface area (Å²) in [5.74, 6) is -1.11. The molecule has 0 amide bonds. The maximum Gasteiger partial charge on any atom is 0.451 e. The lowest BCUT2D eigenvalue weighted by molar-refractivity contribution is -0.153. The van der Waals surface area contributed by atoms with Crippen molar-refractivity contribution in [1.82, 2.24) is 4.98 Å². The zero-order valence-electron chi connectivity index (χ0n) is 5.35. The summed E-state index contributed by atoms with van der Waals surface area (Å²) in [7, 11) is 0. The van der Waals surface area contributed by atoms with E-state index in [0.29, 0.717) is 0 Å². The third-order valence-electron chi connectivity index (χ3n) is 1.09. The topological polar surface area (TPSA) is 52.0 Å². The van der Waals surface area contributed by atoms with E-state index < -0.39 is 11.9 Å². The summed E-state index contributed by atoms with van der Waals surface area (Å²) in [4.78, 5) is 3.29. The second-order valence-corrected chi connectivity index (χ2v) is 1.83. The number of aromatic nitrogens is 1. The predicted octanol–water partition coefficient (Wildman–Crippen LogP) is 1.15. The molecule has 0 fully saturated rings. The Balaban J connectivity index is 3.02. The van der Waals surface area contributed by atoms with Gasteiger partial charge in [-0.2, -0.15) is 13.2 Å². The summed E-state index contributed by atoms with van der Waals surface area (Å²) in [6, 6.07) is 0. The molecule has 0 spiro atoms. The maximum atomic E-state index is 11.9. The quantitative estimate of drug-likeness (QED) is 0.680. The lowest BCUT2D eigenvalue weighted by Gasteiger charge is -2.01. The molecule has 11 heavy (non-hydrogen) atoms. The van der Waals surface area contributed by atoms with Crippen molar-refractivity contribution in [3.63, 3.8) is 0 Å². The fraction of sp³-hybridized carbons (Fsp3) is 0.400. The molecule has 2 N–H and O–H groups in total. The van der Waals surface area contributed by atoms with Crippen LogP contribution in [-0.2, 0) is 12.7 Å². The van der Waals surface area contributed by atoms with Gasteiger partial charge in [-0.15, -0.1) is 0 Å². The summed E-state index contributed by atoms with van der Waals surface area (Å²) >= 11 is 0. The molecule has 6 heteroatoms. The first-order valence-corrected chi connectivity index (χ1v) is 2.75. The molecule has 0 aliphatic carbocycles. The van der Waals surface area contributed by atoms with Crippen LogP contribution in [0.25, 0.3) is 0 Å². The minimum atomic E-state index is -4.49. The molecule has 1 aromatic heterocycles. The van der Waals surface area contributed by atoms with Gasteiger partial charge in [0.05, 0.1) is 0 Å². The van der Waals surface area contributed by atoms with Crippen molar-refractivity contribution in [2.24, 2.45) is 5.73 Å². The summed E-state index contributed by atoms with van der Waals surface area (Å²) in [5, 5.41) is 0. The molecular weight excluding hydrogens is 161 g/mol. The molecule has 0 unspecified atom stereocenters. The Hall–Kier alpha value is -1.04. The largest absolute Gasteiger partial charge is 0.451 e. The van der Waals surface area contributed by atoms with Crippen LogP contribution in [0.2, 0.25) is 0 Å². The highest BCUT2D eigenvalue weighted by Gasteiger charge is 2.37. The van der Waals surface area contributed by atoms with Gasteiger partial charge in [-0.25, -0.2) is 4.98 Å². The molecule has 0 aromatic carbocycles. The van der Waals surface area contributed by atoms with Gasteiger partial charge in [0.2, 0.25) is 5.76 Å². The van der Waals surface area contributed by atoms with Gasteiger partial charge in [-0.1, -0.05) is 0 Å². The Morgan fingerprint density at radius 3 is 2.55 bits per heavy atom. The van der Waals surface area contributed by atoms with Gasteiger partial charge >= 0.3 is 6.18 Å². The predicted molar refractivity (Wildman–Crippen MR) is 29.4 cm³/mol. The van der Waals surface area contributed by atoms with E-state index in [9.17, 15) is 13.2 Å². The number of hydrogen-bond donors (Lipinski definition) is 1. The Labute approximate surface area is 60.0 Å². The van der Waals surface area contributed by atoms with Gasteiger partial charge in [0.15, 0.2) is 6.39 Å². The number of hydrogen-bond acceptors (Lipinski definition) is 3. The summed E-state index contributed by atoms with van der Waals surface area (Å²) in [5.41, 5.74) is 4.70. The third-order valence-corrected chi connectivity index (χ3v) is 1.09. The number of nitrogens with two attached hydrogens (primary N) is 1. The first-order chi connectivity index (χ1) is 5.05. The fourth-order valence-electron chi connectivity index (χ4n) is 0.645. The first-order valence-electron chi connectivity index (χ1n) is 2.75. The second kappa shape index (κ2) is 2.54. The smallest absolute Gasteiger partial charge is 0.439 e. The Bertz CT molecular complexity index is 242. The number of nitrogens with zero attached hydrogens (tertiary/aromatic N) is 1. The fourth-order valence-corrected chi connectivity index (χ4v) is 0.645. The van der Waals surface area contributed by atoms with E-state index in [2.05, 4.69) is 9.40 Å². The van der Waals surface area contributed by atoms with E-state index in [1.165, 1.54) is 0 Å². The van der Waals surface area contributed by atoms with E-state index in [-0.39, 0.29) is 12.2 Å². The van der Waals surface area contributed by atoms with E-state index in [1.807, 2.05) is 0 Å². The van der Waals surface area contributed by atoms with Gasteiger partial charge in [-0.05, 0) is 0 Å². The summed E-state index contributed by atoms with van der Waals surface area (Å²) < 4.78 is 39.7. The molecule has 3 nitrogen and oxygen atoms in total. The van der Waals surface area contributed by atoms with Crippen LogP contribution in [-0.4, -0.2) is 4.98 Å². The molecule has 0 atom stereocenters. The molecule has 1 aromatic rings. The minimum Gasteiger partial charge on any atom is -0.439 e.